The van der Waals surface area contributed by atoms with Crippen LogP contribution in [0.5, 0.6) is 0 Å². The van der Waals surface area contributed by atoms with E-state index in [9.17, 15) is 5.11 Å². The van der Waals surface area contributed by atoms with Crippen molar-refractivity contribution in [2.75, 3.05) is 13.2 Å². The molecule has 2 nitrogen and oxygen atoms in total. The second-order valence-corrected chi connectivity index (χ2v) is 6.55. The smallest absolute Gasteiger partial charge is 0.0471 e. The molecule has 2 atom stereocenters. The van der Waals surface area contributed by atoms with E-state index >= 15 is 0 Å². The number of likely N-dealkylation sites (tertiary alicyclic amines) is 1. The Hall–Kier alpha value is 0.1000. The van der Waals surface area contributed by atoms with Crippen molar-refractivity contribution in [3.05, 3.63) is 20.8 Å². The molecule has 0 saturated carbocycles. The number of nitrogens with zero attached hydrogens (tertiary/aromatic N) is 1. The second-order valence-electron chi connectivity index (χ2n) is 4.64. The van der Waals surface area contributed by atoms with Crippen molar-refractivity contribution < 1.29 is 5.11 Å². The van der Waals surface area contributed by atoms with Gasteiger partial charge in [0.25, 0.3) is 0 Å². The van der Waals surface area contributed by atoms with Crippen LogP contribution < -0.4 is 0 Å². The highest BCUT2D eigenvalue weighted by Gasteiger charge is 2.25. The van der Waals surface area contributed by atoms with E-state index in [0.29, 0.717) is 18.6 Å². The average molecular weight is 304 g/mol. The lowest BCUT2D eigenvalue weighted by Crippen LogP contribution is -2.42. The number of aliphatic hydroxyl groups is 1. The van der Waals surface area contributed by atoms with Crippen molar-refractivity contribution in [3.8, 4) is 0 Å². The van der Waals surface area contributed by atoms with Gasteiger partial charge in [0.2, 0.25) is 0 Å². The Morgan fingerprint density at radius 1 is 1.56 bits per heavy atom. The van der Waals surface area contributed by atoms with E-state index in [2.05, 4.69) is 39.2 Å². The summed E-state index contributed by atoms with van der Waals surface area (Å²) >= 11 is 5.29. The third kappa shape index (κ3) is 3.06. The van der Waals surface area contributed by atoms with Crippen LogP contribution in [-0.2, 0) is 6.54 Å². The summed E-state index contributed by atoms with van der Waals surface area (Å²) in [6.45, 7) is 4.68. The number of thiophene rings is 1. The maximum atomic E-state index is 9.23. The van der Waals surface area contributed by atoms with Crippen LogP contribution in [0, 0.1) is 5.92 Å². The molecular formula is C12H18BrNOS. The number of hydrogen-bond donors (Lipinski definition) is 1. The zero-order chi connectivity index (χ0) is 11.5. The third-order valence-electron chi connectivity index (χ3n) is 3.35. The Morgan fingerprint density at radius 3 is 3.00 bits per heavy atom. The molecule has 2 heterocycles. The summed E-state index contributed by atoms with van der Waals surface area (Å²) < 4.78 is 1.18. The van der Waals surface area contributed by atoms with Gasteiger partial charge in [0.05, 0.1) is 0 Å². The molecule has 16 heavy (non-hydrogen) atoms. The lowest BCUT2D eigenvalue weighted by molar-refractivity contribution is 0.0779. The molecule has 0 aromatic carbocycles. The first-order valence-electron chi connectivity index (χ1n) is 5.77. The van der Waals surface area contributed by atoms with Gasteiger partial charge in [-0.15, -0.1) is 11.3 Å². The summed E-state index contributed by atoms with van der Waals surface area (Å²) in [6, 6.07) is 2.84. The van der Waals surface area contributed by atoms with Crippen LogP contribution in [0.3, 0.4) is 0 Å². The second kappa shape index (κ2) is 5.63. The van der Waals surface area contributed by atoms with Crippen molar-refractivity contribution >= 4 is 27.3 Å². The van der Waals surface area contributed by atoms with Crippen molar-refractivity contribution in [2.45, 2.75) is 32.4 Å². The van der Waals surface area contributed by atoms with Crippen LogP contribution in [0.15, 0.2) is 15.9 Å². The zero-order valence-corrected chi connectivity index (χ0v) is 11.9. The van der Waals surface area contributed by atoms with Gasteiger partial charge in [-0.25, -0.2) is 0 Å². The molecule has 90 valence electrons. The first-order valence-corrected chi connectivity index (χ1v) is 7.44. The van der Waals surface area contributed by atoms with Gasteiger partial charge in [-0.2, -0.15) is 0 Å². The van der Waals surface area contributed by atoms with Crippen LogP contribution in [0.4, 0.5) is 0 Å². The molecule has 1 aliphatic heterocycles. The van der Waals surface area contributed by atoms with Gasteiger partial charge >= 0.3 is 0 Å². The predicted molar refractivity (Wildman–Crippen MR) is 71.7 cm³/mol. The standard InChI is InChI=1S/C12H18BrNOS/c1-9-2-3-10(7-15)5-14(9)6-12-4-11(13)8-16-12/h4,8-10,15H,2-3,5-7H2,1H3. The number of rotatable bonds is 3. The Morgan fingerprint density at radius 2 is 2.38 bits per heavy atom. The van der Waals surface area contributed by atoms with E-state index in [0.717, 1.165) is 13.1 Å². The van der Waals surface area contributed by atoms with E-state index < -0.39 is 0 Å². The molecule has 0 radical (unpaired) electrons. The minimum Gasteiger partial charge on any atom is -0.396 e. The summed E-state index contributed by atoms with van der Waals surface area (Å²) in [5.74, 6) is 0.472. The third-order valence-corrected chi connectivity index (χ3v) is 5.03. The predicted octanol–water partition coefficient (Wildman–Crippen LogP) is 3.10. The van der Waals surface area contributed by atoms with Crippen molar-refractivity contribution in [1.29, 1.82) is 0 Å². The van der Waals surface area contributed by atoms with Gasteiger partial charge < -0.3 is 5.11 Å². The number of halogens is 1. The van der Waals surface area contributed by atoms with Crippen LogP contribution in [-0.4, -0.2) is 29.2 Å². The van der Waals surface area contributed by atoms with Gasteiger partial charge in [-0.3, -0.25) is 4.90 Å². The first kappa shape index (κ1) is 12.6. The van der Waals surface area contributed by atoms with Gasteiger partial charge in [0.15, 0.2) is 0 Å². The molecule has 0 amide bonds. The highest BCUT2D eigenvalue weighted by atomic mass is 79.9. The van der Waals surface area contributed by atoms with Crippen LogP contribution >= 0.6 is 27.3 Å². The molecular weight excluding hydrogens is 286 g/mol. The molecule has 2 rings (SSSR count). The summed E-state index contributed by atoms with van der Waals surface area (Å²) in [6.07, 6.45) is 2.38. The Bertz CT molecular complexity index is 342. The molecule has 1 fully saturated rings. The van der Waals surface area contributed by atoms with Gasteiger partial charge in [0.1, 0.15) is 0 Å². The molecule has 1 aliphatic rings. The highest BCUT2D eigenvalue weighted by Crippen LogP contribution is 2.26. The van der Waals surface area contributed by atoms with E-state index in [4.69, 9.17) is 0 Å². The SMILES string of the molecule is CC1CCC(CO)CN1Cc1cc(Br)cs1. The van der Waals surface area contributed by atoms with E-state index in [1.807, 2.05) is 0 Å². The fraction of sp³-hybridized carbons (Fsp3) is 0.667. The first-order chi connectivity index (χ1) is 7.69. The maximum Gasteiger partial charge on any atom is 0.0471 e. The van der Waals surface area contributed by atoms with E-state index in [1.165, 1.54) is 22.2 Å². The number of piperidine rings is 1. The Labute approximate surface area is 109 Å². The minimum atomic E-state index is 0.331. The average Bonchev–Trinajstić information content (AvgIpc) is 2.67. The van der Waals surface area contributed by atoms with Crippen molar-refractivity contribution in [3.63, 3.8) is 0 Å². The highest BCUT2D eigenvalue weighted by molar-refractivity contribution is 9.10. The zero-order valence-electron chi connectivity index (χ0n) is 9.53. The van der Waals surface area contributed by atoms with Crippen LogP contribution in [0.2, 0.25) is 0 Å². The van der Waals surface area contributed by atoms with Crippen LogP contribution in [0.25, 0.3) is 0 Å². The lowest BCUT2D eigenvalue weighted by Gasteiger charge is -2.37. The summed E-state index contributed by atoms with van der Waals surface area (Å²) in [4.78, 5) is 3.89. The molecule has 0 spiro atoms. The molecule has 1 N–H and O–H groups in total. The fourth-order valence-electron chi connectivity index (χ4n) is 2.27. The number of hydrogen-bond acceptors (Lipinski definition) is 3. The largest absolute Gasteiger partial charge is 0.396 e. The molecule has 0 aliphatic carbocycles. The monoisotopic (exact) mass is 303 g/mol. The molecule has 1 saturated heterocycles. The minimum absolute atomic E-state index is 0.331. The molecule has 2 unspecified atom stereocenters. The molecule has 0 bridgehead atoms. The summed E-state index contributed by atoms with van der Waals surface area (Å²) in [5.41, 5.74) is 0. The number of aliphatic hydroxyl groups excluding tert-OH is 1. The fourth-order valence-corrected chi connectivity index (χ4v) is 3.74. The Kier molecular flexibility index (Phi) is 4.41. The summed E-state index contributed by atoms with van der Waals surface area (Å²) in [5, 5.41) is 11.4. The normalized spacial score (nSPS) is 27.2. The van der Waals surface area contributed by atoms with E-state index in [1.54, 1.807) is 11.3 Å². The molecule has 1 aromatic heterocycles. The quantitative estimate of drug-likeness (QED) is 0.927. The van der Waals surface area contributed by atoms with Gasteiger partial charge in [-0.05, 0) is 47.7 Å². The van der Waals surface area contributed by atoms with Gasteiger partial charge in [0, 0.05) is 40.5 Å². The van der Waals surface area contributed by atoms with Crippen molar-refractivity contribution in [1.82, 2.24) is 4.90 Å². The summed E-state index contributed by atoms with van der Waals surface area (Å²) in [7, 11) is 0. The van der Waals surface area contributed by atoms with Gasteiger partial charge in [-0.1, -0.05) is 0 Å². The lowest BCUT2D eigenvalue weighted by atomic mass is 9.94. The topological polar surface area (TPSA) is 23.5 Å². The maximum absolute atomic E-state index is 9.23. The van der Waals surface area contributed by atoms with Crippen LogP contribution in [0.1, 0.15) is 24.6 Å². The molecule has 1 aromatic rings. The Balaban J connectivity index is 1.96. The van der Waals surface area contributed by atoms with Crippen molar-refractivity contribution in [2.24, 2.45) is 5.92 Å². The molecule has 4 heteroatoms. The van der Waals surface area contributed by atoms with E-state index in [-0.39, 0.29) is 0 Å².